The quantitative estimate of drug-likeness (QED) is 0.0700. The van der Waals surface area contributed by atoms with Crippen LogP contribution in [0.5, 0.6) is 0 Å². The summed E-state index contributed by atoms with van der Waals surface area (Å²) in [5, 5.41) is 0. The standard InChI is InChI=1S/C25H50NO6P/c1-4-5-6-7-8-9-10-11-12-13-14-15-16-17-18-20-25(27)30-22-19-23-31-33(28,29)32-24-21-26(2)3/h11-12H,4-10,13-24H2,1-3H3,(H,28,29)/b12-11-. The van der Waals surface area contributed by atoms with Crippen molar-refractivity contribution in [2.45, 2.75) is 103 Å². The van der Waals surface area contributed by atoms with Crippen LogP contribution in [0.25, 0.3) is 0 Å². The molecule has 1 atom stereocenters. The molecular weight excluding hydrogens is 441 g/mol. The van der Waals surface area contributed by atoms with E-state index < -0.39 is 7.82 Å². The maximum Gasteiger partial charge on any atom is 0.472 e. The van der Waals surface area contributed by atoms with E-state index in [1.54, 1.807) is 0 Å². The summed E-state index contributed by atoms with van der Waals surface area (Å²) < 4.78 is 26.5. The average molecular weight is 492 g/mol. The Balaban J connectivity index is 3.41. The Morgan fingerprint density at radius 1 is 0.788 bits per heavy atom. The zero-order valence-corrected chi connectivity index (χ0v) is 22.4. The van der Waals surface area contributed by atoms with Gasteiger partial charge in [0.15, 0.2) is 0 Å². The molecule has 0 aliphatic heterocycles. The third-order valence-electron chi connectivity index (χ3n) is 5.24. The second-order valence-corrected chi connectivity index (χ2v) is 10.3. The molecule has 1 N–H and O–H groups in total. The number of carbonyl (C=O) groups excluding carboxylic acids is 1. The zero-order chi connectivity index (χ0) is 24.6. The summed E-state index contributed by atoms with van der Waals surface area (Å²) in [4.78, 5) is 23.1. The normalized spacial score (nSPS) is 13.6. The number of nitrogens with zero attached hydrogens (tertiary/aromatic N) is 1. The van der Waals surface area contributed by atoms with Gasteiger partial charge in [0, 0.05) is 19.4 Å². The van der Waals surface area contributed by atoms with Gasteiger partial charge in [-0.25, -0.2) is 4.57 Å². The van der Waals surface area contributed by atoms with Crippen LogP contribution in [0.2, 0.25) is 0 Å². The first-order valence-electron chi connectivity index (χ1n) is 12.9. The van der Waals surface area contributed by atoms with Gasteiger partial charge in [-0.2, -0.15) is 0 Å². The first kappa shape index (κ1) is 32.3. The third kappa shape index (κ3) is 25.7. The smallest absolute Gasteiger partial charge is 0.466 e. The zero-order valence-electron chi connectivity index (χ0n) is 21.5. The predicted molar refractivity (Wildman–Crippen MR) is 135 cm³/mol. The number of unbranched alkanes of at least 4 members (excludes halogenated alkanes) is 11. The number of allylic oxidation sites excluding steroid dienone is 2. The van der Waals surface area contributed by atoms with Gasteiger partial charge < -0.3 is 14.5 Å². The molecule has 0 rings (SSSR count). The summed E-state index contributed by atoms with van der Waals surface area (Å²) in [5.41, 5.74) is 0. The van der Waals surface area contributed by atoms with E-state index in [0.29, 0.717) is 19.4 Å². The fraction of sp³-hybridized carbons (Fsp3) is 0.880. The number of ether oxygens (including phenoxy) is 1. The maximum atomic E-state index is 11.7. The molecule has 0 aromatic rings. The highest BCUT2D eigenvalue weighted by atomic mass is 31.2. The highest BCUT2D eigenvalue weighted by Gasteiger charge is 2.20. The summed E-state index contributed by atoms with van der Waals surface area (Å²) in [6.45, 7) is 3.09. The van der Waals surface area contributed by atoms with Crippen LogP contribution in [0, 0.1) is 0 Å². The minimum Gasteiger partial charge on any atom is -0.466 e. The average Bonchev–Trinajstić information content (AvgIpc) is 2.75. The molecule has 0 spiro atoms. The molecule has 196 valence electrons. The summed E-state index contributed by atoms with van der Waals surface area (Å²) >= 11 is 0. The lowest BCUT2D eigenvalue weighted by Crippen LogP contribution is -2.17. The Kier molecular flexibility index (Phi) is 22.5. The minimum atomic E-state index is -4.03. The number of phosphoric acid groups is 1. The maximum absolute atomic E-state index is 11.7. The van der Waals surface area contributed by atoms with Crippen LogP contribution in [0.1, 0.15) is 103 Å². The fourth-order valence-corrected chi connectivity index (χ4v) is 3.96. The molecule has 0 aromatic heterocycles. The lowest BCUT2D eigenvalue weighted by atomic mass is 10.1. The lowest BCUT2D eigenvalue weighted by molar-refractivity contribution is -0.144. The van der Waals surface area contributed by atoms with Gasteiger partial charge in [-0.1, -0.05) is 70.4 Å². The Hall–Kier alpha value is -0.720. The second-order valence-electron chi connectivity index (χ2n) is 8.85. The minimum absolute atomic E-state index is 0.0103. The van der Waals surface area contributed by atoms with Crippen molar-refractivity contribution in [1.29, 1.82) is 0 Å². The molecule has 1 unspecified atom stereocenters. The SMILES string of the molecule is CCCCCCCC/C=C\CCCCCCCC(=O)OCCCOP(=O)(O)OCCN(C)C. The Bertz CT molecular complexity index is 527. The van der Waals surface area contributed by atoms with E-state index in [4.69, 9.17) is 13.8 Å². The van der Waals surface area contributed by atoms with Crippen LogP contribution in [0.4, 0.5) is 0 Å². The van der Waals surface area contributed by atoms with Crippen LogP contribution < -0.4 is 0 Å². The highest BCUT2D eigenvalue weighted by Crippen LogP contribution is 2.42. The third-order valence-corrected chi connectivity index (χ3v) is 6.26. The van der Waals surface area contributed by atoms with Gasteiger partial charge in [-0.05, 0) is 46.2 Å². The number of hydrogen-bond donors (Lipinski definition) is 1. The van der Waals surface area contributed by atoms with Crippen molar-refractivity contribution < 1.29 is 28.0 Å². The van der Waals surface area contributed by atoms with E-state index in [1.165, 1.54) is 57.8 Å². The molecule has 0 heterocycles. The first-order valence-corrected chi connectivity index (χ1v) is 14.4. The van der Waals surface area contributed by atoms with Crippen LogP contribution in [-0.4, -0.2) is 56.2 Å². The highest BCUT2D eigenvalue weighted by molar-refractivity contribution is 7.47. The molecule has 0 fully saturated rings. The van der Waals surface area contributed by atoms with Crippen molar-refractivity contribution in [3.63, 3.8) is 0 Å². The van der Waals surface area contributed by atoms with E-state index in [0.717, 1.165) is 25.7 Å². The number of carbonyl (C=O) groups is 1. The van der Waals surface area contributed by atoms with E-state index >= 15 is 0 Å². The molecule has 8 heteroatoms. The fourth-order valence-electron chi connectivity index (χ4n) is 3.21. The molecule has 0 amide bonds. The summed E-state index contributed by atoms with van der Waals surface area (Å²) in [6, 6.07) is 0. The largest absolute Gasteiger partial charge is 0.472 e. The van der Waals surface area contributed by atoms with Crippen molar-refractivity contribution in [3.05, 3.63) is 12.2 Å². The van der Waals surface area contributed by atoms with Crippen LogP contribution in [-0.2, 0) is 23.1 Å². The Labute approximate surface area is 202 Å². The van der Waals surface area contributed by atoms with Gasteiger partial charge in [0.25, 0.3) is 0 Å². The van der Waals surface area contributed by atoms with Crippen molar-refractivity contribution in [1.82, 2.24) is 4.90 Å². The molecule has 0 bridgehead atoms. The van der Waals surface area contributed by atoms with Gasteiger partial charge in [-0.3, -0.25) is 13.8 Å². The number of esters is 1. The number of hydrogen-bond acceptors (Lipinski definition) is 6. The first-order chi connectivity index (χ1) is 15.9. The van der Waals surface area contributed by atoms with Gasteiger partial charge in [0.2, 0.25) is 0 Å². The number of rotatable bonds is 24. The van der Waals surface area contributed by atoms with Crippen molar-refractivity contribution in [2.24, 2.45) is 0 Å². The van der Waals surface area contributed by atoms with Crippen LogP contribution >= 0.6 is 7.82 Å². The topological polar surface area (TPSA) is 85.3 Å². The van der Waals surface area contributed by atoms with Gasteiger partial charge >= 0.3 is 13.8 Å². The number of phosphoric ester groups is 1. The lowest BCUT2D eigenvalue weighted by Gasteiger charge is -2.14. The molecule has 0 aliphatic rings. The summed E-state index contributed by atoms with van der Waals surface area (Å²) in [6.07, 6.45) is 21.4. The summed E-state index contributed by atoms with van der Waals surface area (Å²) in [7, 11) is -0.340. The molecule has 0 radical (unpaired) electrons. The van der Waals surface area contributed by atoms with Gasteiger partial charge in [0.1, 0.15) is 0 Å². The molecule has 0 aromatic carbocycles. The van der Waals surface area contributed by atoms with E-state index in [9.17, 15) is 14.3 Å². The second kappa shape index (κ2) is 23.0. The summed E-state index contributed by atoms with van der Waals surface area (Å²) in [5.74, 6) is -0.220. The molecule has 0 saturated carbocycles. The molecule has 0 aliphatic carbocycles. The molecule has 0 saturated heterocycles. The monoisotopic (exact) mass is 491 g/mol. The Morgan fingerprint density at radius 2 is 1.33 bits per heavy atom. The van der Waals surface area contributed by atoms with Crippen LogP contribution in [0.3, 0.4) is 0 Å². The van der Waals surface area contributed by atoms with Crippen molar-refractivity contribution in [2.75, 3.05) is 40.5 Å². The molecule has 7 nitrogen and oxygen atoms in total. The van der Waals surface area contributed by atoms with Crippen molar-refractivity contribution in [3.8, 4) is 0 Å². The van der Waals surface area contributed by atoms with E-state index in [2.05, 4.69) is 19.1 Å². The van der Waals surface area contributed by atoms with E-state index in [-0.39, 0.29) is 25.8 Å². The van der Waals surface area contributed by atoms with Gasteiger partial charge in [0.05, 0.1) is 19.8 Å². The van der Waals surface area contributed by atoms with Crippen LogP contribution in [0.15, 0.2) is 12.2 Å². The van der Waals surface area contributed by atoms with Crippen molar-refractivity contribution >= 4 is 13.8 Å². The molecule has 33 heavy (non-hydrogen) atoms. The molecular formula is C25H50NO6P. The number of likely N-dealkylation sites (N-methyl/N-ethyl adjacent to an activating group) is 1. The van der Waals surface area contributed by atoms with Gasteiger partial charge in [-0.15, -0.1) is 0 Å². The Morgan fingerprint density at radius 3 is 1.94 bits per heavy atom. The van der Waals surface area contributed by atoms with E-state index in [1.807, 2.05) is 19.0 Å². The predicted octanol–water partition coefficient (Wildman–Crippen LogP) is 6.65.